The molecule has 0 saturated carbocycles. The van der Waals surface area contributed by atoms with Gasteiger partial charge < -0.3 is 19.0 Å². The normalized spacial score (nSPS) is 14.1. The van der Waals surface area contributed by atoms with Crippen molar-refractivity contribution in [3.63, 3.8) is 0 Å². The molecule has 0 bridgehead atoms. The fourth-order valence-electron chi connectivity index (χ4n) is 3.23. The standard InChI is InChI=1S/C21H22N4O3S/c1-27-21(26)18-8-7-17(28-18)14-29-20-13-19(22-15-23-20)25-11-9-24(10-12-25)16-5-3-2-4-6-16/h2-8,13,15H,9-12,14H2,1H3. The Morgan fingerprint density at radius 3 is 2.59 bits per heavy atom. The van der Waals surface area contributed by atoms with Crippen LogP contribution < -0.4 is 9.80 Å². The number of hydrogen-bond donors (Lipinski definition) is 0. The Hall–Kier alpha value is -3.00. The average Bonchev–Trinajstić information content (AvgIpc) is 3.27. The lowest BCUT2D eigenvalue weighted by atomic mass is 10.2. The quantitative estimate of drug-likeness (QED) is 0.348. The molecule has 4 rings (SSSR count). The van der Waals surface area contributed by atoms with Crippen molar-refractivity contribution < 1.29 is 13.9 Å². The van der Waals surface area contributed by atoms with E-state index in [4.69, 9.17) is 4.42 Å². The van der Waals surface area contributed by atoms with Gasteiger partial charge in [-0.1, -0.05) is 30.0 Å². The zero-order valence-electron chi connectivity index (χ0n) is 16.2. The summed E-state index contributed by atoms with van der Waals surface area (Å²) in [6, 6.07) is 15.9. The summed E-state index contributed by atoms with van der Waals surface area (Å²) in [5.41, 5.74) is 1.26. The maximum atomic E-state index is 11.5. The molecular formula is C21H22N4O3S. The minimum atomic E-state index is -0.472. The average molecular weight is 410 g/mol. The topological polar surface area (TPSA) is 71.7 Å². The molecule has 0 N–H and O–H groups in total. The number of benzene rings is 1. The molecule has 1 saturated heterocycles. The van der Waals surface area contributed by atoms with E-state index in [0.29, 0.717) is 11.5 Å². The van der Waals surface area contributed by atoms with Crippen molar-refractivity contribution in [2.24, 2.45) is 0 Å². The van der Waals surface area contributed by atoms with E-state index in [-0.39, 0.29) is 5.76 Å². The second-order valence-corrected chi connectivity index (χ2v) is 7.57. The van der Waals surface area contributed by atoms with Crippen LogP contribution >= 0.6 is 11.8 Å². The number of anilines is 2. The molecule has 8 heteroatoms. The number of carbonyl (C=O) groups excluding carboxylic acids is 1. The van der Waals surface area contributed by atoms with Crippen LogP contribution in [0.15, 0.2) is 64.3 Å². The number of piperazine rings is 1. The summed E-state index contributed by atoms with van der Waals surface area (Å²) in [4.78, 5) is 25.0. The Morgan fingerprint density at radius 2 is 1.83 bits per heavy atom. The number of aromatic nitrogens is 2. The summed E-state index contributed by atoms with van der Waals surface area (Å²) >= 11 is 1.55. The van der Waals surface area contributed by atoms with E-state index in [1.807, 2.05) is 12.1 Å². The predicted molar refractivity (Wildman–Crippen MR) is 113 cm³/mol. The number of thioether (sulfide) groups is 1. The number of esters is 1. The lowest BCUT2D eigenvalue weighted by molar-refractivity contribution is 0.0563. The van der Waals surface area contributed by atoms with Gasteiger partial charge in [0.15, 0.2) is 0 Å². The van der Waals surface area contributed by atoms with E-state index in [0.717, 1.165) is 37.0 Å². The summed E-state index contributed by atoms with van der Waals surface area (Å²) in [5, 5.41) is 0.872. The number of methoxy groups -OCH3 is 1. The highest BCUT2D eigenvalue weighted by molar-refractivity contribution is 7.98. The van der Waals surface area contributed by atoms with Crippen LogP contribution in [-0.2, 0) is 10.5 Å². The van der Waals surface area contributed by atoms with Gasteiger partial charge in [-0.05, 0) is 24.3 Å². The molecule has 2 aromatic heterocycles. The molecular weight excluding hydrogens is 388 g/mol. The van der Waals surface area contributed by atoms with Gasteiger partial charge in [-0.15, -0.1) is 0 Å². The van der Waals surface area contributed by atoms with Crippen molar-refractivity contribution in [2.75, 3.05) is 43.1 Å². The van der Waals surface area contributed by atoms with Crippen molar-refractivity contribution in [1.82, 2.24) is 9.97 Å². The Bertz CT molecular complexity index is 955. The van der Waals surface area contributed by atoms with E-state index in [2.05, 4.69) is 48.8 Å². The van der Waals surface area contributed by atoms with E-state index in [9.17, 15) is 4.79 Å². The number of rotatable bonds is 6. The van der Waals surface area contributed by atoms with Crippen molar-refractivity contribution in [3.8, 4) is 0 Å². The van der Waals surface area contributed by atoms with Crippen molar-refractivity contribution >= 4 is 29.2 Å². The first-order chi connectivity index (χ1) is 14.2. The molecule has 1 fully saturated rings. The second-order valence-electron chi connectivity index (χ2n) is 6.57. The first-order valence-electron chi connectivity index (χ1n) is 9.40. The first kappa shape index (κ1) is 19.3. The highest BCUT2D eigenvalue weighted by atomic mass is 32.2. The first-order valence-corrected chi connectivity index (χ1v) is 10.4. The molecule has 0 spiro atoms. The maximum absolute atomic E-state index is 11.5. The van der Waals surface area contributed by atoms with Gasteiger partial charge in [-0.25, -0.2) is 14.8 Å². The van der Waals surface area contributed by atoms with E-state index >= 15 is 0 Å². The molecule has 0 radical (unpaired) electrons. The smallest absolute Gasteiger partial charge is 0.373 e. The number of carbonyl (C=O) groups is 1. The minimum absolute atomic E-state index is 0.211. The van der Waals surface area contributed by atoms with Gasteiger partial charge in [0.1, 0.15) is 22.9 Å². The lowest BCUT2D eigenvalue weighted by Gasteiger charge is -2.36. The van der Waals surface area contributed by atoms with Gasteiger partial charge in [0.2, 0.25) is 5.76 Å². The lowest BCUT2D eigenvalue weighted by Crippen LogP contribution is -2.46. The molecule has 3 aromatic rings. The summed E-state index contributed by atoms with van der Waals surface area (Å²) in [6.07, 6.45) is 1.60. The fraction of sp³-hybridized carbons (Fsp3) is 0.286. The Balaban J connectivity index is 1.34. The SMILES string of the molecule is COC(=O)c1ccc(CSc2cc(N3CCN(c4ccccc4)CC3)ncn2)o1. The van der Waals surface area contributed by atoms with Crippen LogP contribution in [0.25, 0.3) is 0 Å². The van der Waals surface area contributed by atoms with Crippen molar-refractivity contribution in [3.05, 3.63) is 66.4 Å². The molecule has 150 valence electrons. The summed E-state index contributed by atoms with van der Waals surface area (Å²) in [7, 11) is 1.33. The summed E-state index contributed by atoms with van der Waals surface area (Å²) < 4.78 is 10.2. The highest BCUT2D eigenvalue weighted by Crippen LogP contribution is 2.25. The maximum Gasteiger partial charge on any atom is 0.373 e. The minimum Gasteiger partial charge on any atom is -0.463 e. The predicted octanol–water partition coefficient (Wildman–Crippen LogP) is 3.48. The summed E-state index contributed by atoms with van der Waals surface area (Å²) in [6.45, 7) is 3.74. The number of furan rings is 1. The van der Waals surface area contributed by atoms with E-state index < -0.39 is 5.97 Å². The number of nitrogens with zero attached hydrogens (tertiary/aromatic N) is 4. The molecule has 1 aliphatic rings. The van der Waals surface area contributed by atoms with Crippen LogP contribution in [0.2, 0.25) is 0 Å². The monoisotopic (exact) mass is 410 g/mol. The molecule has 3 heterocycles. The molecule has 1 aliphatic heterocycles. The summed E-state index contributed by atoms with van der Waals surface area (Å²) in [5.74, 6) is 1.95. The third-order valence-corrected chi connectivity index (χ3v) is 5.71. The van der Waals surface area contributed by atoms with Gasteiger partial charge in [-0.3, -0.25) is 0 Å². The fourth-order valence-corrected chi connectivity index (χ4v) is 3.98. The third-order valence-electron chi connectivity index (χ3n) is 4.76. The molecule has 1 aromatic carbocycles. The Labute approximate surface area is 173 Å². The molecule has 0 unspecified atom stereocenters. The second kappa shape index (κ2) is 9.00. The van der Waals surface area contributed by atoms with Crippen LogP contribution in [-0.4, -0.2) is 49.2 Å². The molecule has 7 nitrogen and oxygen atoms in total. The van der Waals surface area contributed by atoms with Gasteiger partial charge in [-0.2, -0.15) is 0 Å². The number of ether oxygens (including phenoxy) is 1. The number of hydrogen-bond acceptors (Lipinski definition) is 8. The van der Waals surface area contributed by atoms with Crippen LogP contribution in [0.5, 0.6) is 0 Å². The van der Waals surface area contributed by atoms with Crippen LogP contribution in [0, 0.1) is 0 Å². The van der Waals surface area contributed by atoms with Crippen LogP contribution in [0.4, 0.5) is 11.5 Å². The van der Waals surface area contributed by atoms with Gasteiger partial charge in [0, 0.05) is 37.9 Å². The molecule has 29 heavy (non-hydrogen) atoms. The Morgan fingerprint density at radius 1 is 1.07 bits per heavy atom. The Kier molecular flexibility index (Phi) is 6.00. The highest BCUT2D eigenvalue weighted by Gasteiger charge is 2.19. The zero-order valence-corrected chi connectivity index (χ0v) is 17.0. The largest absolute Gasteiger partial charge is 0.463 e. The molecule has 0 aliphatic carbocycles. The van der Waals surface area contributed by atoms with Gasteiger partial charge in [0.05, 0.1) is 12.9 Å². The van der Waals surface area contributed by atoms with Crippen molar-refractivity contribution in [1.29, 1.82) is 0 Å². The molecule has 0 atom stereocenters. The van der Waals surface area contributed by atoms with Crippen LogP contribution in [0.1, 0.15) is 16.3 Å². The van der Waals surface area contributed by atoms with E-state index in [1.54, 1.807) is 30.2 Å². The van der Waals surface area contributed by atoms with Crippen molar-refractivity contribution in [2.45, 2.75) is 10.8 Å². The van der Waals surface area contributed by atoms with E-state index in [1.165, 1.54) is 12.8 Å². The third kappa shape index (κ3) is 4.71. The van der Waals surface area contributed by atoms with Gasteiger partial charge in [0.25, 0.3) is 0 Å². The molecule has 0 amide bonds. The zero-order chi connectivity index (χ0) is 20.1. The van der Waals surface area contributed by atoms with Crippen LogP contribution in [0.3, 0.4) is 0 Å². The van der Waals surface area contributed by atoms with Gasteiger partial charge >= 0.3 is 5.97 Å². The number of para-hydroxylation sites is 1.